The highest BCUT2D eigenvalue weighted by molar-refractivity contribution is 5.98. The Morgan fingerprint density at radius 2 is 2.19 bits per heavy atom. The molecule has 0 unspecified atom stereocenters. The Kier molecular flexibility index (Phi) is 5.08. The number of nitrogens with one attached hydrogen (secondary N) is 2. The lowest BCUT2D eigenvalue weighted by Gasteiger charge is -2.14. The molecule has 2 aromatic heterocycles. The fourth-order valence-electron chi connectivity index (χ4n) is 2.67. The lowest BCUT2D eigenvalue weighted by molar-refractivity contribution is -0.119. The van der Waals surface area contributed by atoms with E-state index in [2.05, 4.69) is 25.4 Å². The molecule has 0 fully saturated rings. The summed E-state index contributed by atoms with van der Waals surface area (Å²) in [6, 6.07) is 7.06. The van der Waals surface area contributed by atoms with Crippen molar-refractivity contribution in [1.29, 1.82) is 0 Å². The predicted molar refractivity (Wildman–Crippen MR) is 95.5 cm³/mol. The lowest BCUT2D eigenvalue weighted by atomic mass is 10.2. The number of aromatic nitrogens is 2. The van der Waals surface area contributed by atoms with Gasteiger partial charge < -0.3 is 20.4 Å². The highest BCUT2D eigenvalue weighted by Gasteiger charge is 2.28. The summed E-state index contributed by atoms with van der Waals surface area (Å²) in [5.74, 6) is 0.859. The highest BCUT2D eigenvalue weighted by Crippen LogP contribution is 2.22. The van der Waals surface area contributed by atoms with E-state index >= 15 is 0 Å². The second kappa shape index (κ2) is 7.61. The molecule has 8 nitrogen and oxygen atoms in total. The van der Waals surface area contributed by atoms with E-state index in [-0.39, 0.29) is 11.8 Å². The minimum Gasteiger partial charge on any atom is -0.366 e. The molecule has 0 saturated carbocycles. The van der Waals surface area contributed by atoms with Crippen LogP contribution in [0.1, 0.15) is 28.5 Å². The molecule has 0 saturated heterocycles. The van der Waals surface area contributed by atoms with Crippen LogP contribution in [0.4, 0.5) is 11.6 Å². The summed E-state index contributed by atoms with van der Waals surface area (Å²) in [5, 5.41) is 5.89. The third-order valence-corrected chi connectivity index (χ3v) is 3.99. The van der Waals surface area contributed by atoms with Gasteiger partial charge in [-0.15, -0.1) is 4.98 Å². The maximum absolute atomic E-state index is 12.3. The van der Waals surface area contributed by atoms with Crippen LogP contribution in [-0.2, 0) is 17.9 Å². The fourth-order valence-corrected chi connectivity index (χ4v) is 2.67. The van der Waals surface area contributed by atoms with Crippen LogP contribution in [0.15, 0.2) is 30.5 Å². The third kappa shape index (κ3) is 3.95. The van der Waals surface area contributed by atoms with Crippen molar-refractivity contribution < 1.29 is 9.59 Å². The molecule has 3 heterocycles. The van der Waals surface area contributed by atoms with Crippen molar-refractivity contribution in [2.75, 3.05) is 18.4 Å². The van der Waals surface area contributed by atoms with Gasteiger partial charge in [-0.05, 0) is 18.2 Å². The van der Waals surface area contributed by atoms with Gasteiger partial charge in [-0.1, -0.05) is 12.6 Å². The summed E-state index contributed by atoms with van der Waals surface area (Å²) in [6.45, 7) is 10.2. The average molecular weight is 350 g/mol. The molecule has 3 rings (SSSR count). The zero-order chi connectivity index (χ0) is 18.5. The average Bonchev–Trinajstić information content (AvgIpc) is 2.95. The fraction of sp³-hybridized carbons (Fsp3) is 0.278. The Morgan fingerprint density at radius 1 is 1.35 bits per heavy atom. The molecular formula is C18H18N6O2. The Balaban J connectivity index is 1.60. The Hall–Kier alpha value is -3.47. The van der Waals surface area contributed by atoms with E-state index in [0.717, 1.165) is 11.3 Å². The van der Waals surface area contributed by atoms with Gasteiger partial charge in [0.15, 0.2) is 0 Å². The molecule has 8 heteroatoms. The van der Waals surface area contributed by atoms with Gasteiger partial charge in [0.1, 0.15) is 12.0 Å². The van der Waals surface area contributed by atoms with Gasteiger partial charge in [0, 0.05) is 32.1 Å². The van der Waals surface area contributed by atoms with Crippen molar-refractivity contribution in [2.45, 2.75) is 20.0 Å². The number of pyridine rings is 2. The summed E-state index contributed by atoms with van der Waals surface area (Å²) in [7, 11) is 0. The molecule has 132 valence electrons. The highest BCUT2D eigenvalue weighted by atomic mass is 16.2. The molecule has 0 aliphatic carbocycles. The predicted octanol–water partition coefficient (Wildman–Crippen LogP) is 1.73. The van der Waals surface area contributed by atoms with E-state index in [0.29, 0.717) is 43.4 Å². The first kappa shape index (κ1) is 17.4. The zero-order valence-corrected chi connectivity index (χ0v) is 14.3. The van der Waals surface area contributed by atoms with Crippen LogP contribution in [0.2, 0.25) is 0 Å². The van der Waals surface area contributed by atoms with E-state index in [1.54, 1.807) is 29.3 Å². The maximum atomic E-state index is 12.3. The second-order valence-electron chi connectivity index (χ2n) is 5.89. The van der Waals surface area contributed by atoms with Gasteiger partial charge in [0.05, 0.1) is 17.8 Å². The number of anilines is 1. The van der Waals surface area contributed by atoms with Gasteiger partial charge in [0.25, 0.3) is 11.7 Å². The number of hydrogen-bond donors (Lipinski definition) is 2. The van der Waals surface area contributed by atoms with Crippen LogP contribution in [-0.4, -0.2) is 39.8 Å². The smallest absolute Gasteiger partial charge is 0.269 e. The quantitative estimate of drug-likeness (QED) is 0.774. The molecule has 0 radical (unpaired) electrons. The first-order valence-electron chi connectivity index (χ1n) is 8.16. The molecule has 2 aromatic rings. The molecule has 0 spiro atoms. The van der Waals surface area contributed by atoms with Crippen molar-refractivity contribution in [3.8, 4) is 0 Å². The van der Waals surface area contributed by atoms with Crippen LogP contribution in [0.5, 0.6) is 0 Å². The van der Waals surface area contributed by atoms with Gasteiger partial charge in [-0.25, -0.2) is 4.98 Å². The van der Waals surface area contributed by atoms with E-state index < -0.39 is 0 Å². The number of carbonyl (C=O) groups is 2. The van der Waals surface area contributed by atoms with Crippen molar-refractivity contribution in [3.63, 3.8) is 0 Å². The standard InChI is InChI=1S/C18H18N6O2/c1-12(25)20-7-8-24-11-15-14(18(24)26)4-6-17(23-15)22-10-13-3-5-16(19-2)21-9-13/h3-6,9H,7-8,10-11H2,1H3,(H,20,25)(H,22,23). The molecule has 2 N–H and O–H groups in total. The summed E-state index contributed by atoms with van der Waals surface area (Å²) in [5.41, 5.74) is 2.26. The minimum absolute atomic E-state index is 0.0664. The van der Waals surface area contributed by atoms with Crippen LogP contribution in [0.25, 0.3) is 4.85 Å². The van der Waals surface area contributed by atoms with Gasteiger partial charge in [0.2, 0.25) is 5.91 Å². The van der Waals surface area contributed by atoms with Crippen molar-refractivity contribution >= 4 is 23.5 Å². The number of hydrogen-bond acceptors (Lipinski definition) is 5. The van der Waals surface area contributed by atoms with Crippen molar-refractivity contribution in [3.05, 3.63) is 58.7 Å². The number of nitrogens with zero attached hydrogens (tertiary/aromatic N) is 4. The first-order chi connectivity index (χ1) is 12.6. The number of fused-ring (bicyclic) bond motifs is 1. The van der Waals surface area contributed by atoms with Crippen LogP contribution in [0, 0.1) is 6.57 Å². The van der Waals surface area contributed by atoms with Gasteiger partial charge in [-0.3, -0.25) is 9.59 Å². The van der Waals surface area contributed by atoms with Crippen LogP contribution >= 0.6 is 0 Å². The van der Waals surface area contributed by atoms with E-state index in [1.165, 1.54) is 6.92 Å². The molecular weight excluding hydrogens is 332 g/mol. The summed E-state index contributed by atoms with van der Waals surface area (Å²) >= 11 is 0. The largest absolute Gasteiger partial charge is 0.366 e. The molecule has 0 aromatic carbocycles. The Bertz CT molecular complexity index is 872. The molecule has 2 amide bonds. The van der Waals surface area contributed by atoms with E-state index in [4.69, 9.17) is 6.57 Å². The Labute approximate surface area is 151 Å². The molecule has 0 bridgehead atoms. The zero-order valence-electron chi connectivity index (χ0n) is 14.3. The molecule has 0 atom stereocenters. The molecule has 1 aliphatic heterocycles. The topological polar surface area (TPSA) is 91.6 Å². The third-order valence-electron chi connectivity index (χ3n) is 3.99. The number of carbonyl (C=O) groups excluding carboxylic acids is 2. The van der Waals surface area contributed by atoms with E-state index in [9.17, 15) is 9.59 Å². The Morgan fingerprint density at radius 3 is 2.88 bits per heavy atom. The molecule has 1 aliphatic rings. The first-order valence-corrected chi connectivity index (χ1v) is 8.16. The van der Waals surface area contributed by atoms with Crippen LogP contribution in [0.3, 0.4) is 0 Å². The van der Waals surface area contributed by atoms with Gasteiger partial charge >= 0.3 is 0 Å². The summed E-state index contributed by atoms with van der Waals surface area (Å²) < 4.78 is 0. The van der Waals surface area contributed by atoms with Gasteiger partial charge in [-0.2, -0.15) is 0 Å². The monoisotopic (exact) mass is 350 g/mol. The SMILES string of the molecule is [C-]#[N+]c1ccc(CNc2ccc3c(n2)CN(CCNC(C)=O)C3=O)cn1. The van der Waals surface area contributed by atoms with Crippen LogP contribution < -0.4 is 10.6 Å². The normalized spacial score (nSPS) is 12.5. The molecule has 26 heavy (non-hydrogen) atoms. The summed E-state index contributed by atoms with van der Waals surface area (Å²) in [4.78, 5) is 36.8. The number of amides is 2. The van der Waals surface area contributed by atoms with Crippen molar-refractivity contribution in [1.82, 2.24) is 20.2 Å². The van der Waals surface area contributed by atoms with E-state index in [1.807, 2.05) is 6.07 Å². The maximum Gasteiger partial charge on any atom is 0.269 e. The second-order valence-corrected chi connectivity index (χ2v) is 5.89. The summed E-state index contributed by atoms with van der Waals surface area (Å²) in [6.07, 6.45) is 1.65. The number of rotatable bonds is 6. The lowest BCUT2D eigenvalue weighted by Crippen LogP contribution is -2.34. The van der Waals surface area contributed by atoms with Crippen molar-refractivity contribution in [2.24, 2.45) is 0 Å². The minimum atomic E-state index is -0.113.